The third-order valence-electron chi connectivity index (χ3n) is 7.26. The number of carbonyl (C=O) groups is 1. The summed E-state index contributed by atoms with van der Waals surface area (Å²) in [6, 6.07) is 7.31. The normalized spacial score (nSPS) is 22.7. The maximum absolute atomic E-state index is 13.0. The van der Waals surface area contributed by atoms with E-state index in [0.29, 0.717) is 30.6 Å². The van der Waals surface area contributed by atoms with Crippen LogP contribution in [0.15, 0.2) is 41.5 Å². The lowest BCUT2D eigenvalue weighted by atomic mass is 9.81. The van der Waals surface area contributed by atoms with Crippen molar-refractivity contribution in [2.75, 3.05) is 18.5 Å². The molecule has 3 aromatic heterocycles. The van der Waals surface area contributed by atoms with Gasteiger partial charge in [-0.1, -0.05) is 0 Å². The molecule has 0 spiro atoms. The number of anilines is 1. The molecular weight excluding hydrogens is 446 g/mol. The average molecular weight is 480 g/mol. The van der Waals surface area contributed by atoms with Crippen LogP contribution in [0.1, 0.15) is 44.9 Å². The van der Waals surface area contributed by atoms with Crippen molar-refractivity contribution in [3.63, 3.8) is 0 Å². The molecule has 1 N–H and O–H groups in total. The number of carbonyl (C=O) groups excluding carboxylic acids is 1. The molecule has 0 bridgehead atoms. The highest BCUT2D eigenvalue weighted by Crippen LogP contribution is 2.31. The van der Waals surface area contributed by atoms with Crippen LogP contribution >= 0.6 is 0 Å². The Labute approximate surface area is 204 Å². The van der Waals surface area contributed by atoms with Gasteiger partial charge >= 0.3 is 5.69 Å². The molecule has 1 saturated carbocycles. The molecule has 1 atom stereocenters. The second kappa shape index (κ2) is 10.6. The number of amides is 1. The van der Waals surface area contributed by atoms with Gasteiger partial charge in [-0.3, -0.25) is 18.9 Å². The SMILES string of the molecule is Cn1c(=O)n(CC2CCC(C(=O)Nc3ccncc3)CC2)c2nc(OCC3CCCCO3)ccc21. The molecule has 1 aliphatic heterocycles. The molecule has 0 aromatic carbocycles. The van der Waals surface area contributed by atoms with Crippen molar-refractivity contribution >= 4 is 22.8 Å². The molecule has 0 radical (unpaired) electrons. The summed E-state index contributed by atoms with van der Waals surface area (Å²) in [5.74, 6) is 0.888. The van der Waals surface area contributed by atoms with Crippen LogP contribution < -0.4 is 15.7 Å². The van der Waals surface area contributed by atoms with Gasteiger partial charge in [0.05, 0.1) is 11.6 Å². The van der Waals surface area contributed by atoms with Crippen LogP contribution in [0.2, 0.25) is 0 Å². The predicted octanol–water partition coefficient (Wildman–Crippen LogP) is 3.52. The number of hydrogen-bond acceptors (Lipinski definition) is 6. The first kappa shape index (κ1) is 23.5. The molecule has 4 heterocycles. The van der Waals surface area contributed by atoms with Gasteiger partial charge in [0, 0.05) is 50.3 Å². The molecule has 1 unspecified atom stereocenters. The molecule has 1 saturated heterocycles. The Morgan fingerprint density at radius 3 is 2.66 bits per heavy atom. The number of nitrogens with zero attached hydrogens (tertiary/aromatic N) is 4. The first-order valence-corrected chi connectivity index (χ1v) is 12.6. The molecule has 2 aliphatic rings. The van der Waals surface area contributed by atoms with Crippen LogP contribution in [0.5, 0.6) is 5.88 Å². The zero-order valence-electron chi connectivity index (χ0n) is 20.2. The first-order valence-electron chi connectivity index (χ1n) is 12.6. The van der Waals surface area contributed by atoms with Crippen LogP contribution in [0, 0.1) is 11.8 Å². The van der Waals surface area contributed by atoms with Gasteiger partial charge in [-0.2, -0.15) is 4.98 Å². The summed E-state index contributed by atoms with van der Waals surface area (Å²) < 4.78 is 15.1. The molecule has 9 nitrogen and oxygen atoms in total. The van der Waals surface area contributed by atoms with Crippen molar-refractivity contribution in [1.29, 1.82) is 0 Å². The number of nitrogens with one attached hydrogen (secondary N) is 1. The van der Waals surface area contributed by atoms with Gasteiger partial charge in [0.25, 0.3) is 0 Å². The van der Waals surface area contributed by atoms with E-state index in [9.17, 15) is 9.59 Å². The number of hydrogen-bond donors (Lipinski definition) is 1. The Morgan fingerprint density at radius 1 is 1.11 bits per heavy atom. The summed E-state index contributed by atoms with van der Waals surface area (Å²) in [5.41, 5.74) is 2.14. The van der Waals surface area contributed by atoms with E-state index in [1.165, 1.54) is 0 Å². The van der Waals surface area contributed by atoms with Crippen molar-refractivity contribution in [2.24, 2.45) is 18.9 Å². The third kappa shape index (κ3) is 5.40. The van der Waals surface area contributed by atoms with Gasteiger partial charge in [0.15, 0.2) is 5.65 Å². The van der Waals surface area contributed by atoms with Crippen LogP contribution in [0.3, 0.4) is 0 Å². The average Bonchev–Trinajstić information content (AvgIpc) is 3.13. The Bertz CT molecular complexity index is 1210. The second-order valence-corrected chi connectivity index (χ2v) is 9.69. The molecule has 1 aliphatic carbocycles. The van der Waals surface area contributed by atoms with Crippen LogP contribution in [-0.2, 0) is 23.1 Å². The topological polar surface area (TPSA) is 100 Å². The summed E-state index contributed by atoms with van der Waals surface area (Å²) in [4.78, 5) is 34.3. The summed E-state index contributed by atoms with van der Waals surface area (Å²) >= 11 is 0. The van der Waals surface area contributed by atoms with E-state index in [2.05, 4.69) is 10.3 Å². The zero-order valence-corrected chi connectivity index (χ0v) is 20.2. The van der Waals surface area contributed by atoms with Crippen LogP contribution in [-0.4, -0.2) is 44.3 Å². The van der Waals surface area contributed by atoms with Gasteiger partial charge in [-0.25, -0.2) is 4.79 Å². The quantitative estimate of drug-likeness (QED) is 0.557. The molecule has 1 amide bonds. The van der Waals surface area contributed by atoms with E-state index < -0.39 is 0 Å². The largest absolute Gasteiger partial charge is 0.475 e. The van der Waals surface area contributed by atoms with Gasteiger partial charge in [-0.05, 0) is 69.1 Å². The Balaban J connectivity index is 1.22. The molecule has 186 valence electrons. The van der Waals surface area contributed by atoms with Crippen LogP contribution in [0.4, 0.5) is 5.69 Å². The van der Waals surface area contributed by atoms with Crippen molar-refractivity contribution in [1.82, 2.24) is 19.1 Å². The van der Waals surface area contributed by atoms with E-state index in [1.54, 1.807) is 40.7 Å². The summed E-state index contributed by atoms with van der Waals surface area (Å²) in [5, 5.41) is 2.98. The third-order valence-corrected chi connectivity index (χ3v) is 7.26. The fourth-order valence-corrected chi connectivity index (χ4v) is 5.17. The summed E-state index contributed by atoms with van der Waals surface area (Å²) in [7, 11) is 1.78. The lowest BCUT2D eigenvalue weighted by Gasteiger charge is -2.27. The number of aromatic nitrogens is 4. The Hall–Kier alpha value is -3.20. The maximum atomic E-state index is 13.0. The van der Waals surface area contributed by atoms with Gasteiger partial charge in [0.2, 0.25) is 11.8 Å². The number of rotatable bonds is 7. The maximum Gasteiger partial charge on any atom is 0.330 e. The van der Waals surface area contributed by atoms with E-state index >= 15 is 0 Å². The minimum absolute atomic E-state index is 0.0104. The lowest BCUT2D eigenvalue weighted by molar-refractivity contribution is -0.121. The monoisotopic (exact) mass is 479 g/mol. The van der Waals surface area contributed by atoms with E-state index in [1.807, 2.05) is 12.1 Å². The highest BCUT2D eigenvalue weighted by atomic mass is 16.5. The Kier molecular flexibility index (Phi) is 7.13. The number of aryl methyl sites for hydroxylation is 1. The summed E-state index contributed by atoms with van der Waals surface area (Å²) in [6.07, 6.45) is 10.1. The van der Waals surface area contributed by atoms with Crippen molar-refractivity contribution in [3.05, 3.63) is 47.1 Å². The van der Waals surface area contributed by atoms with Crippen molar-refractivity contribution in [3.8, 4) is 5.88 Å². The first-order chi connectivity index (χ1) is 17.1. The molecule has 3 aromatic rings. The second-order valence-electron chi connectivity index (χ2n) is 9.69. The highest BCUT2D eigenvalue weighted by molar-refractivity contribution is 5.92. The number of ether oxygens (including phenoxy) is 2. The van der Waals surface area contributed by atoms with Crippen molar-refractivity contribution in [2.45, 2.75) is 57.6 Å². The Morgan fingerprint density at radius 2 is 1.91 bits per heavy atom. The minimum atomic E-state index is -0.0715. The van der Waals surface area contributed by atoms with E-state index in [-0.39, 0.29) is 23.6 Å². The summed E-state index contributed by atoms with van der Waals surface area (Å²) in [6.45, 7) is 1.85. The standard InChI is InChI=1S/C26H33N5O4/c1-30-22-9-10-23(35-17-21-4-2-3-15-34-21)29-24(22)31(26(30)33)16-18-5-7-19(8-6-18)25(32)28-20-11-13-27-14-12-20/h9-14,18-19,21H,2-8,15-17H2,1H3,(H,27,28,32). The van der Waals surface area contributed by atoms with E-state index in [0.717, 1.165) is 62.8 Å². The van der Waals surface area contributed by atoms with Crippen molar-refractivity contribution < 1.29 is 14.3 Å². The molecule has 5 rings (SSSR count). The highest BCUT2D eigenvalue weighted by Gasteiger charge is 2.28. The number of fused-ring (bicyclic) bond motifs is 1. The zero-order chi connectivity index (χ0) is 24.2. The van der Waals surface area contributed by atoms with Gasteiger partial charge < -0.3 is 14.8 Å². The molecule has 35 heavy (non-hydrogen) atoms. The number of pyridine rings is 2. The van der Waals surface area contributed by atoms with Gasteiger partial charge in [-0.15, -0.1) is 0 Å². The minimum Gasteiger partial charge on any atom is -0.475 e. The number of imidazole rings is 1. The molecule has 9 heteroatoms. The van der Waals surface area contributed by atoms with E-state index in [4.69, 9.17) is 14.5 Å². The predicted molar refractivity (Wildman–Crippen MR) is 132 cm³/mol. The lowest BCUT2D eigenvalue weighted by Crippen LogP contribution is -2.31. The fourth-order valence-electron chi connectivity index (χ4n) is 5.17. The van der Waals surface area contributed by atoms with Gasteiger partial charge in [0.1, 0.15) is 6.61 Å². The molecule has 2 fully saturated rings. The fraction of sp³-hybridized carbons (Fsp3) is 0.538. The van der Waals surface area contributed by atoms with Crippen LogP contribution in [0.25, 0.3) is 11.2 Å². The smallest absolute Gasteiger partial charge is 0.330 e. The molecular formula is C26H33N5O4.